The van der Waals surface area contributed by atoms with Crippen LogP contribution in [-0.2, 0) is 19.8 Å². The molecule has 7 aromatic rings. The van der Waals surface area contributed by atoms with Gasteiger partial charge in [-0.2, -0.15) is 4.98 Å². The first-order valence-electron chi connectivity index (χ1n) is 21.2. The maximum Gasteiger partial charge on any atom is 0.280 e. The van der Waals surface area contributed by atoms with E-state index < -0.39 is 42.2 Å². The van der Waals surface area contributed by atoms with Gasteiger partial charge >= 0.3 is 0 Å². The molecule has 1 aliphatic heterocycles. The maximum absolute atomic E-state index is 13.2. The number of hydrogen-bond donors (Lipinski definition) is 6. The summed E-state index contributed by atoms with van der Waals surface area (Å²) in [6.07, 6.45) is -3.15. The molecule has 5 atom stereocenters. The molecule has 64 heavy (non-hydrogen) atoms. The van der Waals surface area contributed by atoms with Crippen LogP contribution in [-0.4, -0.2) is 93.7 Å². The fourth-order valence-electron chi connectivity index (χ4n) is 8.78. The van der Waals surface area contributed by atoms with Crippen molar-refractivity contribution in [3.05, 3.63) is 172 Å². The molecule has 0 bridgehead atoms. The van der Waals surface area contributed by atoms with Crippen molar-refractivity contribution in [3.8, 4) is 22.6 Å². The lowest BCUT2D eigenvalue weighted by Gasteiger charge is -2.37. The minimum Gasteiger partial charge on any atom is -0.497 e. The van der Waals surface area contributed by atoms with Gasteiger partial charge in [0, 0.05) is 25.3 Å². The Morgan fingerprint density at radius 3 is 2.03 bits per heavy atom. The lowest BCUT2D eigenvalue weighted by atomic mass is 9.80. The van der Waals surface area contributed by atoms with Crippen LogP contribution in [0.25, 0.3) is 22.3 Å². The summed E-state index contributed by atoms with van der Waals surface area (Å²) in [4.78, 5) is 24.7. The zero-order chi connectivity index (χ0) is 44.2. The van der Waals surface area contributed by atoms with E-state index >= 15 is 0 Å². The van der Waals surface area contributed by atoms with Crippen molar-refractivity contribution in [2.45, 2.75) is 55.4 Å². The van der Waals surface area contributed by atoms with E-state index in [0.29, 0.717) is 11.5 Å². The van der Waals surface area contributed by atoms with Crippen LogP contribution in [0.3, 0.4) is 0 Å². The van der Waals surface area contributed by atoms with Crippen molar-refractivity contribution in [1.82, 2.24) is 24.8 Å². The van der Waals surface area contributed by atoms with Gasteiger partial charge in [-0.25, -0.2) is 4.98 Å². The smallest absolute Gasteiger partial charge is 0.280 e. The van der Waals surface area contributed by atoms with Crippen LogP contribution < -0.4 is 25.7 Å². The number of aromatic amines is 1. The Morgan fingerprint density at radius 1 is 0.812 bits per heavy atom. The van der Waals surface area contributed by atoms with Crippen molar-refractivity contribution in [2.24, 2.45) is 0 Å². The average Bonchev–Trinajstić information content (AvgIpc) is 4.02. The number of nitrogens with one attached hydrogen (secondary N) is 3. The Balaban J connectivity index is 0.857. The third-order valence-electron chi connectivity index (χ3n) is 12.0. The molecule has 0 saturated carbocycles. The van der Waals surface area contributed by atoms with Crippen LogP contribution in [0.5, 0.6) is 11.5 Å². The Kier molecular flexibility index (Phi) is 12.5. The van der Waals surface area contributed by atoms with Crippen molar-refractivity contribution in [2.75, 3.05) is 39.3 Å². The van der Waals surface area contributed by atoms with Gasteiger partial charge in [0.1, 0.15) is 35.7 Å². The number of aliphatic hydroxyl groups is 3. The van der Waals surface area contributed by atoms with E-state index in [0.717, 1.165) is 38.9 Å². The summed E-state index contributed by atoms with van der Waals surface area (Å²) in [5, 5.41) is 38.7. The van der Waals surface area contributed by atoms with Gasteiger partial charge in [0.15, 0.2) is 11.2 Å². The molecule has 3 heterocycles. The van der Waals surface area contributed by atoms with Gasteiger partial charge in [0.05, 0.1) is 39.9 Å². The number of H-pyrrole nitrogens is 1. The molecule has 6 N–H and O–H groups in total. The second-order valence-corrected chi connectivity index (χ2v) is 15.8. The highest BCUT2D eigenvalue weighted by molar-refractivity contribution is 5.78. The SMILES string of the molecule is COc1ccc(C(OCC2O[C@@H](n3cnc4c(=O)[nH]c(NC(O)CCNC(O)OCC5c6ccccc6-c6ccccc65)nc43)CC2O)(c2ccccc2)c2ccc(OC)cc2)cc1. The first-order valence-corrected chi connectivity index (χ1v) is 21.2. The molecule has 2 aromatic heterocycles. The molecule has 0 spiro atoms. The fraction of sp³-hybridized carbons (Fsp3) is 0.286. The molecule has 5 aromatic carbocycles. The molecule has 1 fully saturated rings. The summed E-state index contributed by atoms with van der Waals surface area (Å²) in [5.74, 6) is 1.37. The lowest BCUT2D eigenvalue weighted by molar-refractivity contribution is -0.122. The average molecular weight is 867 g/mol. The number of anilines is 1. The van der Waals surface area contributed by atoms with E-state index in [1.165, 1.54) is 6.33 Å². The number of hydrogen-bond acceptors (Lipinski definition) is 13. The van der Waals surface area contributed by atoms with E-state index in [4.69, 9.17) is 23.7 Å². The summed E-state index contributed by atoms with van der Waals surface area (Å²) >= 11 is 0. The lowest BCUT2D eigenvalue weighted by Crippen LogP contribution is -2.38. The largest absolute Gasteiger partial charge is 0.497 e. The molecule has 0 radical (unpaired) electrons. The zero-order valence-electron chi connectivity index (χ0n) is 35.3. The van der Waals surface area contributed by atoms with Gasteiger partial charge in [0.25, 0.3) is 5.56 Å². The third-order valence-corrected chi connectivity index (χ3v) is 12.0. The van der Waals surface area contributed by atoms with E-state index in [-0.39, 0.29) is 55.6 Å². The summed E-state index contributed by atoms with van der Waals surface area (Å²) in [6.45, 7) is 0.428. The number of rotatable bonds is 18. The highest BCUT2D eigenvalue weighted by Gasteiger charge is 2.42. The van der Waals surface area contributed by atoms with Gasteiger partial charge in [0.2, 0.25) is 12.4 Å². The third kappa shape index (κ3) is 8.50. The first kappa shape index (κ1) is 42.9. The summed E-state index contributed by atoms with van der Waals surface area (Å²) in [6, 6.07) is 41.6. The molecular formula is C49H50N6O9. The first-order chi connectivity index (χ1) is 31.2. The molecule has 15 nitrogen and oxygen atoms in total. The second kappa shape index (κ2) is 18.7. The van der Waals surface area contributed by atoms with E-state index in [1.807, 2.05) is 103 Å². The predicted molar refractivity (Wildman–Crippen MR) is 239 cm³/mol. The number of fused-ring (bicyclic) bond motifs is 4. The van der Waals surface area contributed by atoms with E-state index in [1.54, 1.807) is 18.8 Å². The second-order valence-electron chi connectivity index (χ2n) is 15.8. The van der Waals surface area contributed by atoms with Crippen LogP contribution in [0.1, 0.15) is 52.8 Å². The summed E-state index contributed by atoms with van der Waals surface area (Å²) < 4.78 is 31.8. The van der Waals surface area contributed by atoms with Crippen LogP contribution in [0.2, 0.25) is 0 Å². The monoisotopic (exact) mass is 866 g/mol. The Hall–Kier alpha value is -6.43. The van der Waals surface area contributed by atoms with Crippen LogP contribution >= 0.6 is 0 Å². The van der Waals surface area contributed by atoms with Gasteiger partial charge in [-0.3, -0.25) is 19.7 Å². The minimum atomic E-state index is -1.27. The van der Waals surface area contributed by atoms with E-state index in [2.05, 4.69) is 49.9 Å². The fourth-order valence-corrected chi connectivity index (χ4v) is 8.78. The Bertz CT molecular complexity index is 2640. The Morgan fingerprint density at radius 2 is 1.41 bits per heavy atom. The number of benzene rings is 5. The number of aromatic nitrogens is 4. The van der Waals surface area contributed by atoms with Crippen LogP contribution in [0.15, 0.2) is 139 Å². The maximum atomic E-state index is 13.2. The number of nitrogens with zero attached hydrogens (tertiary/aromatic N) is 3. The molecule has 2 aliphatic rings. The van der Waals surface area contributed by atoms with Crippen molar-refractivity contribution in [1.29, 1.82) is 0 Å². The van der Waals surface area contributed by atoms with Crippen molar-refractivity contribution >= 4 is 17.1 Å². The standard InChI is InChI=1S/C49H50N6O9/c1-60-33-20-16-31(17-21-33)49(30-10-4-3-5-11-30,32-18-22-34(61-2)23-19-32)63-28-41-40(56)26-43(64-41)55-29-51-44-45(55)53-47(54-46(44)58)52-42(57)24-25-50-48(59)62-27-39-37-14-8-6-12-35(37)36-13-7-9-15-38(36)39/h3-23,29,39-43,48,50,56-57,59H,24-28H2,1-2H3,(H2,52,53,54,58)/t40?,41?,42?,43-,48?/m1/s1. The molecule has 15 heteroatoms. The van der Waals surface area contributed by atoms with Gasteiger partial charge in [-0.1, -0.05) is 103 Å². The summed E-state index contributed by atoms with van der Waals surface area (Å²) in [7, 11) is 3.23. The molecule has 0 amide bonds. The number of methoxy groups -OCH3 is 2. The molecule has 4 unspecified atom stereocenters. The van der Waals surface area contributed by atoms with Crippen LogP contribution in [0, 0.1) is 0 Å². The van der Waals surface area contributed by atoms with Gasteiger partial charge in [-0.05, 0) is 63.2 Å². The highest BCUT2D eigenvalue weighted by Crippen LogP contribution is 2.45. The molecule has 330 valence electrons. The Labute approximate surface area is 369 Å². The van der Waals surface area contributed by atoms with Crippen molar-refractivity contribution in [3.63, 3.8) is 0 Å². The van der Waals surface area contributed by atoms with Crippen molar-refractivity contribution < 1.29 is 39.0 Å². The topological polar surface area (TPSA) is 194 Å². The number of ether oxygens (including phenoxy) is 5. The molecular weight excluding hydrogens is 817 g/mol. The zero-order valence-corrected chi connectivity index (χ0v) is 35.3. The predicted octanol–water partition coefficient (Wildman–Crippen LogP) is 5.61. The normalized spacial score (nSPS) is 18.1. The molecule has 9 rings (SSSR count). The van der Waals surface area contributed by atoms with Crippen LogP contribution in [0.4, 0.5) is 5.95 Å². The highest BCUT2D eigenvalue weighted by atomic mass is 16.6. The summed E-state index contributed by atoms with van der Waals surface area (Å²) in [5.41, 5.74) is 5.75. The number of aliphatic hydroxyl groups excluding tert-OH is 3. The van der Waals surface area contributed by atoms with Gasteiger partial charge in [-0.15, -0.1) is 0 Å². The molecule has 1 saturated heterocycles. The molecule has 1 aliphatic carbocycles. The quantitative estimate of drug-likeness (QED) is 0.0461. The number of imidazole rings is 1. The van der Waals surface area contributed by atoms with Gasteiger partial charge < -0.3 is 44.3 Å². The van der Waals surface area contributed by atoms with E-state index in [9.17, 15) is 20.1 Å². The minimum absolute atomic E-state index is 0.00664.